The maximum absolute atomic E-state index is 11.9. The van der Waals surface area contributed by atoms with E-state index in [9.17, 15) is 9.90 Å². The number of aliphatic hydroxyl groups is 1. The molecule has 1 N–H and O–H groups in total. The molecule has 1 aromatic rings. The van der Waals surface area contributed by atoms with E-state index >= 15 is 0 Å². The molecule has 2 rings (SSSR count). The van der Waals surface area contributed by atoms with Crippen molar-refractivity contribution in [2.45, 2.75) is 12.5 Å². The van der Waals surface area contributed by atoms with Crippen molar-refractivity contribution in [3.8, 4) is 5.75 Å². The zero-order chi connectivity index (χ0) is 10.8. The summed E-state index contributed by atoms with van der Waals surface area (Å²) in [6.45, 7) is 1.08. The van der Waals surface area contributed by atoms with E-state index < -0.39 is 0 Å². The number of hydrogen-bond acceptors (Lipinski definition) is 4. The predicted molar refractivity (Wildman–Crippen MR) is 57.4 cm³/mol. The molecule has 1 atom stereocenters. The lowest BCUT2D eigenvalue weighted by atomic mass is 10.3. The Labute approximate surface area is 92.1 Å². The van der Waals surface area contributed by atoms with E-state index in [0.717, 1.165) is 0 Å². The summed E-state index contributed by atoms with van der Waals surface area (Å²) in [6.07, 6.45) is 0.310. The first-order valence-corrected chi connectivity index (χ1v) is 5.68. The zero-order valence-electron chi connectivity index (χ0n) is 8.47. The monoisotopic (exact) mass is 227 g/mol. The van der Waals surface area contributed by atoms with Crippen LogP contribution in [0.3, 0.4) is 0 Å². The fourth-order valence-corrected chi connectivity index (χ4v) is 2.44. The lowest BCUT2D eigenvalue weighted by Crippen LogP contribution is -2.28. The second-order valence-electron chi connectivity index (χ2n) is 3.54. The van der Waals surface area contributed by atoms with Crippen LogP contribution in [-0.2, 0) is 0 Å². The molecule has 1 amide bonds. The van der Waals surface area contributed by atoms with E-state index in [0.29, 0.717) is 30.1 Å². The van der Waals surface area contributed by atoms with Crippen LogP contribution in [0, 0.1) is 0 Å². The number of methoxy groups -OCH3 is 1. The number of rotatable bonds is 2. The number of β-amino-alcohol motifs (C(OH)–C–C–N with tert-alkyl or cyclic N) is 1. The van der Waals surface area contributed by atoms with Gasteiger partial charge >= 0.3 is 0 Å². The van der Waals surface area contributed by atoms with Crippen LogP contribution >= 0.6 is 11.3 Å². The number of carbonyl (C=O) groups excluding carboxylic acids is 1. The van der Waals surface area contributed by atoms with Crippen LogP contribution in [0.15, 0.2) is 11.4 Å². The fraction of sp³-hybridized carbons (Fsp3) is 0.500. The third-order valence-corrected chi connectivity index (χ3v) is 3.37. The van der Waals surface area contributed by atoms with E-state index in [1.165, 1.54) is 11.3 Å². The van der Waals surface area contributed by atoms with Crippen molar-refractivity contribution < 1.29 is 14.6 Å². The molecule has 1 aromatic heterocycles. The third kappa shape index (κ3) is 2.13. The van der Waals surface area contributed by atoms with Crippen LogP contribution in [0.4, 0.5) is 0 Å². The average Bonchev–Trinajstić information content (AvgIpc) is 2.84. The molecule has 5 heteroatoms. The highest BCUT2D eigenvalue weighted by Gasteiger charge is 2.26. The second kappa shape index (κ2) is 4.20. The molecule has 2 heterocycles. The molecule has 1 unspecified atom stereocenters. The van der Waals surface area contributed by atoms with E-state index in [-0.39, 0.29) is 12.0 Å². The molecule has 0 saturated carbocycles. The van der Waals surface area contributed by atoms with Crippen LogP contribution in [0.25, 0.3) is 0 Å². The SMILES string of the molecule is COc1csc(C(=O)N2CCC(O)C2)c1. The Balaban J connectivity index is 2.07. The van der Waals surface area contributed by atoms with Crippen LogP contribution in [0.2, 0.25) is 0 Å². The Morgan fingerprint density at radius 1 is 1.73 bits per heavy atom. The van der Waals surface area contributed by atoms with Crippen LogP contribution < -0.4 is 4.74 Å². The van der Waals surface area contributed by atoms with Gasteiger partial charge in [-0.15, -0.1) is 11.3 Å². The van der Waals surface area contributed by atoms with E-state index in [1.807, 2.05) is 0 Å². The van der Waals surface area contributed by atoms with Crippen LogP contribution in [0.5, 0.6) is 5.75 Å². The number of aliphatic hydroxyl groups excluding tert-OH is 1. The minimum Gasteiger partial charge on any atom is -0.496 e. The third-order valence-electron chi connectivity index (χ3n) is 2.47. The summed E-state index contributed by atoms with van der Waals surface area (Å²) in [6, 6.07) is 1.73. The Kier molecular flexibility index (Phi) is 2.93. The highest BCUT2D eigenvalue weighted by Crippen LogP contribution is 2.23. The molecule has 15 heavy (non-hydrogen) atoms. The fourth-order valence-electron chi connectivity index (χ4n) is 1.62. The lowest BCUT2D eigenvalue weighted by Gasteiger charge is -2.13. The van der Waals surface area contributed by atoms with Gasteiger partial charge in [0.25, 0.3) is 5.91 Å². The number of likely N-dealkylation sites (tertiary alicyclic amines) is 1. The van der Waals surface area contributed by atoms with Crippen molar-refractivity contribution in [2.75, 3.05) is 20.2 Å². The van der Waals surface area contributed by atoms with Crippen molar-refractivity contribution >= 4 is 17.2 Å². The summed E-state index contributed by atoms with van der Waals surface area (Å²) in [4.78, 5) is 14.2. The summed E-state index contributed by atoms with van der Waals surface area (Å²) in [7, 11) is 1.58. The van der Waals surface area contributed by atoms with E-state index in [4.69, 9.17) is 4.74 Å². The molecule has 0 bridgehead atoms. The lowest BCUT2D eigenvalue weighted by molar-refractivity contribution is 0.0769. The molecule has 0 spiro atoms. The number of carbonyl (C=O) groups is 1. The van der Waals surface area contributed by atoms with E-state index in [2.05, 4.69) is 0 Å². The molecule has 1 fully saturated rings. The Bertz CT molecular complexity index is 363. The summed E-state index contributed by atoms with van der Waals surface area (Å²) in [5.41, 5.74) is 0. The smallest absolute Gasteiger partial charge is 0.264 e. The normalized spacial score (nSPS) is 20.7. The van der Waals surface area contributed by atoms with Crippen LogP contribution in [-0.4, -0.2) is 42.2 Å². The molecule has 0 aliphatic carbocycles. The van der Waals surface area contributed by atoms with Gasteiger partial charge in [-0.05, 0) is 6.42 Å². The Morgan fingerprint density at radius 3 is 3.07 bits per heavy atom. The highest BCUT2D eigenvalue weighted by atomic mass is 32.1. The molecular weight excluding hydrogens is 214 g/mol. The van der Waals surface area contributed by atoms with Gasteiger partial charge in [-0.25, -0.2) is 0 Å². The molecule has 0 aromatic carbocycles. The maximum Gasteiger partial charge on any atom is 0.264 e. The minimum atomic E-state index is -0.365. The van der Waals surface area contributed by atoms with E-state index in [1.54, 1.807) is 23.5 Å². The van der Waals surface area contributed by atoms with Gasteiger partial charge in [-0.1, -0.05) is 0 Å². The largest absolute Gasteiger partial charge is 0.496 e. The van der Waals surface area contributed by atoms with Gasteiger partial charge < -0.3 is 14.7 Å². The van der Waals surface area contributed by atoms with Crippen molar-refractivity contribution in [1.29, 1.82) is 0 Å². The van der Waals surface area contributed by atoms with Gasteiger partial charge in [0, 0.05) is 24.5 Å². The minimum absolute atomic E-state index is 0.0140. The van der Waals surface area contributed by atoms with Crippen molar-refractivity contribution in [1.82, 2.24) is 4.90 Å². The number of hydrogen-bond donors (Lipinski definition) is 1. The predicted octanol–water partition coefficient (Wildman–Crippen LogP) is 0.964. The summed E-state index contributed by atoms with van der Waals surface area (Å²) >= 11 is 1.37. The molecule has 1 aliphatic rings. The first kappa shape index (κ1) is 10.4. The highest BCUT2D eigenvalue weighted by molar-refractivity contribution is 7.12. The van der Waals surface area contributed by atoms with Gasteiger partial charge in [0.2, 0.25) is 0 Å². The molecular formula is C10H13NO3S. The number of ether oxygens (including phenoxy) is 1. The van der Waals surface area contributed by atoms with Crippen LogP contribution in [0.1, 0.15) is 16.1 Å². The Morgan fingerprint density at radius 2 is 2.53 bits per heavy atom. The van der Waals surface area contributed by atoms with Gasteiger partial charge in [0.05, 0.1) is 18.1 Å². The van der Waals surface area contributed by atoms with Gasteiger partial charge in [0.15, 0.2) is 0 Å². The van der Waals surface area contributed by atoms with Gasteiger partial charge in [0.1, 0.15) is 5.75 Å². The van der Waals surface area contributed by atoms with Crippen molar-refractivity contribution in [3.05, 3.63) is 16.3 Å². The zero-order valence-corrected chi connectivity index (χ0v) is 9.29. The molecule has 82 valence electrons. The summed E-state index contributed by atoms with van der Waals surface area (Å²) in [5, 5.41) is 11.1. The molecule has 1 aliphatic heterocycles. The number of thiophene rings is 1. The molecule has 4 nitrogen and oxygen atoms in total. The van der Waals surface area contributed by atoms with Crippen molar-refractivity contribution in [2.24, 2.45) is 0 Å². The second-order valence-corrected chi connectivity index (χ2v) is 4.46. The molecule has 0 radical (unpaired) electrons. The summed E-state index contributed by atoms with van der Waals surface area (Å²) in [5.74, 6) is 0.697. The number of amides is 1. The first-order valence-electron chi connectivity index (χ1n) is 4.80. The average molecular weight is 227 g/mol. The van der Waals surface area contributed by atoms with Gasteiger partial charge in [-0.3, -0.25) is 4.79 Å². The quantitative estimate of drug-likeness (QED) is 0.818. The number of nitrogens with zero attached hydrogens (tertiary/aromatic N) is 1. The van der Waals surface area contributed by atoms with Crippen molar-refractivity contribution in [3.63, 3.8) is 0 Å². The maximum atomic E-state index is 11.9. The Hall–Kier alpha value is -1.07. The topological polar surface area (TPSA) is 49.8 Å². The first-order chi connectivity index (χ1) is 7.20. The van der Waals surface area contributed by atoms with Gasteiger partial charge in [-0.2, -0.15) is 0 Å². The standard InChI is InChI=1S/C10H13NO3S/c1-14-8-4-9(15-6-8)10(13)11-3-2-7(12)5-11/h4,6-7,12H,2-3,5H2,1H3. The summed E-state index contributed by atoms with van der Waals surface area (Å²) < 4.78 is 5.02. The molecule has 1 saturated heterocycles.